The van der Waals surface area contributed by atoms with Gasteiger partial charge in [-0.2, -0.15) is 0 Å². The van der Waals surface area contributed by atoms with Gasteiger partial charge < -0.3 is 15.7 Å². The Morgan fingerprint density at radius 2 is 2.06 bits per heavy atom. The Hall–Kier alpha value is -1.65. The average Bonchev–Trinajstić information content (AvgIpc) is 2.38. The van der Waals surface area contributed by atoms with Crippen molar-refractivity contribution in [1.82, 2.24) is 10.3 Å². The molecule has 96 valence electrons. The zero-order valence-electron chi connectivity index (χ0n) is 10.6. The highest BCUT2D eigenvalue weighted by molar-refractivity contribution is 5.91. The number of nitrogens with one attached hydrogen (secondary N) is 2. The Bertz CT molecular complexity index is 494. The number of aliphatic hydroxyl groups excluding tert-OH is 1. The number of aromatic nitrogens is 1. The van der Waals surface area contributed by atoms with Crippen molar-refractivity contribution in [3.8, 4) is 0 Å². The summed E-state index contributed by atoms with van der Waals surface area (Å²) in [5.74, 6) is 0.909. The molecule has 1 unspecified atom stereocenters. The number of anilines is 1. The van der Waals surface area contributed by atoms with Crippen LogP contribution in [0.5, 0.6) is 0 Å². The van der Waals surface area contributed by atoms with Gasteiger partial charge in [0.05, 0.1) is 6.10 Å². The second-order valence-electron chi connectivity index (χ2n) is 4.36. The maximum absolute atomic E-state index is 9.11. The van der Waals surface area contributed by atoms with Crippen molar-refractivity contribution in [2.24, 2.45) is 0 Å². The van der Waals surface area contributed by atoms with Gasteiger partial charge in [-0.25, -0.2) is 4.98 Å². The summed E-state index contributed by atoms with van der Waals surface area (Å²) in [6.45, 7) is 3.97. The molecular weight excluding hydrogens is 226 g/mol. The molecule has 4 heteroatoms. The minimum atomic E-state index is -0.305. The van der Waals surface area contributed by atoms with Crippen molar-refractivity contribution < 1.29 is 5.11 Å². The first-order chi connectivity index (χ1) is 8.77. The van der Waals surface area contributed by atoms with Gasteiger partial charge in [-0.1, -0.05) is 24.3 Å². The van der Waals surface area contributed by atoms with Crippen LogP contribution in [-0.4, -0.2) is 35.8 Å². The van der Waals surface area contributed by atoms with E-state index in [0.717, 1.165) is 24.3 Å². The summed E-state index contributed by atoms with van der Waals surface area (Å²) in [4.78, 5) is 4.35. The summed E-state index contributed by atoms with van der Waals surface area (Å²) in [6.07, 6.45) is 1.51. The number of nitrogens with zero attached hydrogens (tertiary/aromatic N) is 1. The van der Waals surface area contributed by atoms with Crippen LogP contribution in [-0.2, 0) is 0 Å². The molecule has 0 radical (unpaired) electrons. The summed E-state index contributed by atoms with van der Waals surface area (Å²) in [5.41, 5.74) is 0. The van der Waals surface area contributed by atoms with E-state index in [1.807, 2.05) is 24.4 Å². The van der Waals surface area contributed by atoms with Crippen LogP contribution in [0.15, 0.2) is 36.5 Å². The molecule has 18 heavy (non-hydrogen) atoms. The Morgan fingerprint density at radius 1 is 1.22 bits per heavy atom. The lowest BCUT2D eigenvalue weighted by Gasteiger charge is -2.10. The van der Waals surface area contributed by atoms with Gasteiger partial charge >= 0.3 is 0 Å². The third-order valence-corrected chi connectivity index (χ3v) is 2.71. The average molecular weight is 245 g/mol. The largest absolute Gasteiger partial charge is 0.392 e. The van der Waals surface area contributed by atoms with E-state index >= 15 is 0 Å². The molecule has 4 nitrogen and oxygen atoms in total. The van der Waals surface area contributed by atoms with Crippen LogP contribution in [0.1, 0.15) is 6.92 Å². The van der Waals surface area contributed by atoms with Gasteiger partial charge in [0.2, 0.25) is 0 Å². The lowest BCUT2D eigenvalue weighted by Crippen LogP contribution is -2.29. The molecule has 1 aromatic carbocycles. The van der Waals surface area contributed by atoms with Crippen LogP contribution in [0, 0.1) is 0 Å². The molecule has 2 rings (SSSR count). The molecule has 1 heterocycles. The summed E-state index contributed by atoms with van der Waals surface area (Å²) < 4.78 is 0. The zero-order valence-corrected chi connectivity index (χ0v) is 10.6. The van der Waals surface area contributed by atoms with E-state index in [9.17, 15) is 0 Å². The fourth-order valence-electron chi connectivity index (χ4n) is 1.84. The van der Waals surface area contributed by atoms with Gasteiger partial charge in [-0.3, -0.25) is 0 Å². The first-order valence-corrected chi connectivity index (χ1v) is 6.24. The number of hydrogen-bond acceptors (Lipinski definition) is 4. The van der Waals surface area contributed by atoms with Gasteiger partial charge in [0.1, 0.15) is 5.82 Å². The van der Waals surface area contributed by atoms with Gasteiger partial charge in [-0.05, 0) is 18.4 Å². The molecule has 0 fully saturated rings. The van der Waals surface area contributed by atoms with E-state index in [1.165, 1.54) is 5.39 Å². The van der Waals surface area contributed by atoms with Crippen LogP contribution in [0.25, 0.3) is 10.8 Å². The first kappa shape index (κ1) is 12.8. The van der Waals surface area contributed by atoms with E-state index in [-0.39, 0.29) is 6.10 Å². The van der Waals surface area contributed by atoms with Crippen LogP contribution >= 0.6 is 0 Å². The standard InChI is InChI=1S/C14H19N3O/c1-11(18)10-15-8-9-17-14-13-5-3-2-4-12(13)6-7-16-14/h2-7,11,15,18H,8-10H2,1H3,(H,16,17). The van der Waals surface area contributed by atoms with Crippen LogP contribution in [0.2, 0.25) is 0 Å². The number of rotatable bonds is 6. The molecule has 0 saturated heterocycles. The Balaban J connectivity index is 1.91. The SMILES string of the molecule is CC(O)CNCCNc1nccc2ccccc12. The fourth-order valence-corrected chi connectivity index (χ4v) is 1.84. The first-order valence-electron chi connectivity index (χ1n) is 6.24. The van der Waals surface area contributed by atoms with Gasteiger partial charge in [0.15, 0.2) is 0 Å². The summed E-state index contributed by atoms with van der Waals surface area (Å²) in [7, 11) is 0. The summed E-state index contributed by atoms with van der Waals surface area (Å²) in [6, 6.07) is 10.2. The fraction of sp³-hybridized carbons (Fsp3) is 0.357. The maximum atomic E-state index is 9.11. The second-order valence-corrected chi connectivity index (χ2v) is 4.36. The van der Waals surface area contributed by atoms with Crippen molar-refractivity contribution >= 4 is 16.6 Å². The Labute approximate surface area is 107 Å². The Morgan fingerprint density at radius 3 is 2.89 bits per heavy atom. The van der Waals surface area contributed by atoms with Crippen molar-refractivity contribution in [2.45, 2.75) is 13.0 Å². The van der Waals surface area contributed by atoms with E-state index < -0.39 is 0 Å². The highest BCUT2D eigenvalue weighted by atomic mass is 16.3. The molecule has 0 aliphatic carbocycles. The quantitative estimate of drug-likeness (QED) is 0.677. The van der Waals surface area contributed by atoms with Crippen LogP contribution in [0.4, 0.5) is 5.82 Å². The number of fused-ring (bicyclic) bond motifs is 1. The molecule has 1 atom stereocenters. The number of aliphatic hydroxyl groups is 1. The second kappa shape index (κ2) is 6.33. The molecule has 1 aromatic heterocycles. The molecule has 2 aromatic rings. The highest BCUT2D eigenvalue weighted by Crippen LogP contribution is 2.19. The Kier molecular flexibility index (Phi) is 4.50. The van der Waals surface area contributed by atoms with E-state index in [1.54, 1.807) is 6.92 Å². The molecular formula is C14H19N3O. The van der Waals surface area contributed by atoms with Gasteiger partial charge in [-0.15, -0.1) is 0 Å². The molecule has 3 N–H and O–H groups in total. The number of hydrogen-bond donors (Lipinski definition) is 3. The monoisotopic (exact) mass is 245 g/mol. The molecule has 0 aliphatic rings. The van der Waals surface area contributed by atoms with Gasteiger partial charge in [0.25, 0.3) is 0 Å². The molecule has 0 amide bonds. The van der Waals surface area contributed by atoms with E-state index in [2.05, 4.69) is 27.8 Å². The zero-order chi connectivity index (χ0) is 12.8. The molecule has 0 spiro atoms. The molecule has 0 saturated carbocycles. The lowest BCUT2D eigenvalue weighted by molar-refractivity contribution is 0.192. The lowest BCUT2D eigenvalue weighted by atomic mass is 10.1. The maximum Gasteiger partial charge on any atom is 0.133 e. The minimum Gasteiger partial charge on any atom is -0.392 e. The van der Waals surface area contributed by atoms with Gasteiger partial charge in [0, 0.05) is 31.2 Å². The van der Waals surface area contributed by atoms with Crippen LogP contribution < -0.4 is 10.6 Å². The van der Waals surface area contributed by atoms with Crippen molar-refractivity contribution in [1.29, 1.82) is 0 Å². The molecule has 0 aliphatic heterocycles. The summed E-state index contributed by atoms with van der Waals surface area (Å²) >= 11 is 0. The third-order valence-electron chi connectivity index (χ3n) is 2.71. The summed E-state index contributed by atoms with van der Waals surface area (Å²) in [5, 5.41) is 17.9. The number of benzene rings is 1. The van der Waals surface area contributed by atoms with Crippen molar-refractivity contribution in [3.05, 3.63) is 36.5 Å². The normalized spacial score (nSPS) is 12.6. The van der Waals surface area contributed by atoms with E-state index in [4.69, 9.17) is 5.11 Å². The van der Waals surface area contributed by atoms with Crippen LogP contribution in [0.3, 0.4) is 0 Å². The predicted octanol–water partition coefficient (Wildman–Crippen LogP) is 1.62. The topological polar surface area (TPSA) is 57.2 Å². The predicted molar refractivity (Wildman–Crippen MR) is 74.8 cm³/mol. The smallest absolute Gasteiger partial charge is 0.133 e. The van der Waals surface area contributed by atoms with Crippen molar-refractivity contribution in [2.75, 3.05) is 25.0 Å². The highest BCUT2D eigenvalue weighted by Gasteiger charge is 2.00. The van der Waals surface area contributed by atoms with E-state index in [0.29, 0.717) is 6.54 Å². The van der Waals surface area contributed by atoms with Crippen molar-refractivity contribution in [3.63, 3.8) is 0 Å². The molecule has 0 bridgehead atoms. The number of pyridine rings is 1. The minimum absolute atomic E-state index is 0.305. The third kappa shape index (κ3) is 3.42.